The molecule has 1 aromatic heterocycles. The quantitative estimate of drug-likeness (QED) is 0.808. The highest BCUT2D eigenvalue weighted by atomic mass is 79.9. The summed E-state index contributed by atoms with van der Waals surface area (Å²) in [5, 5.41) is 13.0. The zero-order valence-electron chi connectivity index (χ0n) is 10.4. The Kier molecular flexibility index (Phi) is 6.47. The van der Waals surface area contributed by atoms with Gasteiger partial charge in [-0.2, -0.15) is 0 Å². The smallest absolute Gasteiger partial charge is 0.0839 e. The van der Waals surface area contributed by atoms with Crippen molar-refractivity contribution in [2.75, 3.05) is 31.5 Å². The molecule has 1 unspecified atom stereocenters. The predicted octanol–water partition coefficient (Wildman–Crippen LogP) is 1.96. The van der Waals surface area contributed by atoms with Crippen LogP contribution in [0.5, 0.6) is 0 Å². The summed E-state index contributed by atoms with van der Waals surface area (Å²) >= 11 is 3.36. The summed E-state index contributed by atoms with van der Waals surface area (Å²) in [7, 11) is 0. The van der Waals surface area contributed by atoms with E-state index in [9.17, 15) is 5.11 Å². The lowest BCUT2D eigenvalue weighted by molar-refractivity contribution is 0.128. The fourth-order valence-electron chi connectivity index (χ4n) is 1.59. The van der Waals surface area contributed by atoms with Gasteiger partial charge in [0.25, 0.3) is 0 Å². The van der Waals surface area contributed by atoms with Crippen LogP contribution in [0, 0.1) is 0 Å². The number of halogens is 1. The molecule has 1 atom stereocenters. The first-order chi connectivity index (χ1) is 8.15. The third-order valence-electron chi connectivity index (χ3n) is 2.61. The van der Waals surface area contributed by atoms with E-state index in [0.29, 0.717) is 13.1 Å². The Morgan fingerprint density at radius 1 is 1.41 bits per heavy atom. The molecule has 0 aliphatic carbocycles. The van der Waals surface area contributed by atoms with Crippen molar-refractivity contribution < 1.29 is 5.11 Å². The number of hydrogen-bond donors (Lipinski definition) is 2. The van der Waals surface area contributed by atoms with E-state index in [1.807, 2.05) is 6.07 Å². The van der Waals surface area contributed by atoms with Crippen molar-refractivity contribution >= 4 is 21.6 Å². The van der Waals surface area contributed by atoms with Crippen LogP contribution in [0.25, 0.3) is 0 Å². The van der Waals surface area contributed by atoms with Crippen LogP contribution in [0.3, 0.4) is 0 Å². The Balaban J connectivity index is 2.35. The van der Waals surface area contributed by atoms with E-state index in [0.717, 1.165) is 23.2 Å². The number of rotatable bonds is 7. The van der Waals surface area contributed by atoms with E-state index in [-0.39, 0.29) is 6.10 Å². The Morgan fingerprint density at radius 3 is 2.71 bits per heavy atom. The summed E-state index contributed by atoms with van der Waals surface area (Å²) in [6.45, 7) is 7.36. The van der Waals surface area contributed by atoms with Crippen molar-refractivity contribution in [2.45, 2.75) is 20.0 Å². The summed E-state index contributed by atoms with van der Waals surface area (Å²) in [6.07, 6.45) is 3.11. The first kappa shape index (κ1) is 14.4. The Hall–Kier alpha value is -0.650. The maximum Gasteiger partial charge on any atom is 0.0839 e. The van der Waals surface area contributed by atoms with Crippen LogP contribution >= 0.6 is 15.9 Å². The Labute approximate surface area is 111 Å². The molecule has 1 rings (SSSR count). The van der Waals surface area contributed by atoms with Crippen LogP contribution in [0.4, 0.5) is 5.69 Å². The highest BCUT2D eigenvalue weighted by molar-refractivity contribution is 9.10. The molecule has 4 nitrogen and oxygen atoms in total. The van der Waals surface area contributed by atoms with E-state index in [2.05, 4.69) is 45.0 Å². The van der Waals surface area contributed by atoms with E-state index in [4.69, 9.17) is 0 Å². The van der Waals surface area contributed by atoms with Gasteiger partial charge < -0.3 is 15.3 Å². The minimum atomic E-state index is -0.367. The number of nitrogens with one attached hydrogen (secondary N) is 1. The van der Waals surface area contributed by atoms with Crippen molar-refractivity contribution in [3.63, 3.8) is 0 Å². The number of pyridine rings is 1. The van der Waals surface area contributed by atoms with E-state index >= 15 is 0 Å². The topological polar surface area (TPSA) is 48.4 Å². The molecule has 0 amide bonds. The molecule has 2 N–H and O–H groups in total. The highest BCUT2D eigenvalue weighted by Crippen LogP contribution is 2.13. The Morgan fingerprint density at radius 2 is 2.12 bits per heavy atom. The molecule has 0 saturated carbocycles. The number of hydrogen-bond acceptors (Lipinski definition) is 4. The minimum absolute atomic E-state index is 0.367. The van der Waals surface area contributed by atoms with Crippen LogP contribution in [0.2, 0.25) is 0 Å². The van der Waals surface area contributed by atoms with Gasteiger partial charge in [0.05, 0.1) is 18.0 Å². The van der Waals surface area contributed by atoms with Gasteiger partial charge in [-0.15, -0.1) is 0 Å². The summed E-state index contributed by atoms with van der Waals surface area (Å²) in [4.78, 5) is 6.25. The number of nitrogens with zero attached hydrogens (tertiary/aromatic N) is 2. The molecule has 5 heteroatoms. The SMILES string of the molecule is CCN(CC)CC(O)CNc1cncc(Br)c1. The monoisotopic (exact) mass is 301 g/mol. The second-order valence-electron chi connectivity index (χ2n) is 3.91. The van der Waals surface area contributed by atoms with Crippen LogP contribution in [0.1, 0.15) is 13.8 Å². The van der Waals surface area contributed by atoms with Gasteiger partial charge in [0.15, 0.2) is 0 Å². The first-order valence-electron chi connectivity index (χ1n) is 5.90. The summed E-state index contributed by atoms with van der Waals surface area (Å²) in [5.41, 5.74) is 0.915. The normalized spacial score (nSPS) is 12.8. The zero-order valence-corrected chi connectivity index (χ0v) is 11.9. The van der Waals surface area contributed by atoms with Crippen molar-refractivity contribution in [2.24, 2.45) is 0 Å². The molecule has 0 radical (unpaired) electrons. The molecule has 0 spiro atoms. The molecule has 0 fully saturated rings. The van der Waals surface area contributed by atoms with Gasteiger partial charge in [-0.25, -0.2) is 0 Å². The first-order valence-corrected chi connectivity index (χ1v) is 6.69. The fourth-order valence-corrected chi connectivity index (χ4v) is 1.95. The van der Waals surface area contributed by atoms with Crippen LogP contribution in [-0.2, 0) is 0 Å². The van der Waals surface area contributed by atoms with Crippen molar-refractivity contribution in [1.29, 1.82) is 0 Å². The van der Waals surface area contributed by atoms with Crippen molar-refractivity contribution in [3.8, 4) is 0 Å². The average Bonchev–Trinajstić information content (AvgIpc) is 2.33. The molecule has 1 heterocycles. The van der Waals surface area contributed by atoms with Gasteiger partial charge in [-0.3, -0.25) is 4.98 Å². The van der Waals surface area contributed by atoms with Crippen molar-refractivity contribution in [1.82, 2.24) is 9.88 Å². The second kappa shape index (κ2) is 7.63. The summed E-state index contributed by atoms with van der Waals surface area (Å²) in [6, 6.07) is 1.94. The molecule has 0 aliphatic rings. The largest absolute Gasteiger partial charge is 0.390 e. The van der Waals surface area contributed by atoms with Gasteiger partial charge in [-0.1, -0.05) is 13.8 Å². The highest BCUT2D eigenvalue weighted by Gasteiger charge is 2.08. The number of aromatic nitrogens is 1. The molecule has 0 bridgehead atoms. The van der Waals surface area contributed by atoms with Gasteiger partial charge in [0.1, 0.15) is 0 Å². The third kappa shape index (κ3) is 5.48. The Bertz CT molecular complexity index is 331. The molecule has 1 aromatic rings. The predicted molar refractivity (Wildman–Crippen MR) is 74.2 cm³/mol. The molecular weight excluding hydrogens is 282 g/mol. The molecular formula is C12H20BrN3O. The molecule has 17 heavy (non-hydrogen) atoms. The van der Waals surface area contributed by atoms with Gasteiger partial charge in [0.2, 0.25) is 0 Å². The molecule has 96 valence electrons. The maximum absolute atomic E-state index is 9.88. The molecule has 0 aliphatic heterocycles. The molecule has 0 saturated heterocycles. The standard InChI is InChI=1S/C12H20BrN3O/c1-3-16(4-2)9-12(17)8-15-11-5-10(13)6-14-7-11/h5-7,12,15,17H,3-4,8-9H2,1-2H3. The second-order valence-corrected chi connectivity index (χ2v) is 4.83. The van der Waals surface area contributed by atoms with Crippen LogP contribution in [0.15, 0.2) is 22.9 Å². The maximum atomic E-state index is 9.88. The number of aliphatic hydroxyl groups excluding tert-OH is 1. The summed E-state index contributed by atoms with van der Waals surface area (Å²) < 4.78 is 0.931. The minimum Gasteiger partial charge on any atom is -0.390 e. The lowest BCUT2D eigenvalue weighted by Crippen LogP contribution is -2.35. The van der Waals surface area contributed by atoms with E-state index in [1.165, 1.54) is 0 Å². The van der Waals surface area contributed by atoms with Gasteiger partial charge >= 0.3 is 0 Å². The van der Waals surface area contributed by atoms with E-state index in [1.54, 1.807) is 12.4 Å². The number of aliphatic hydroxyl groups is 1. The van der Waals surface area contributed by atoms with Gasteiger partial charge in [0, 0.05) is 23.8 Å². The van der Waals surface area contributed by atoms with Gasteiger partial charge in [-0.05, 0) is 35.1 Å². The third-order valence-corrected chi connectivity index (χ3v) is 3.04. The van der Waals surface area contributed by atoms with Crippen LogP contribution in [-0.4, -0.2) is 47.3 Å². The number of anilines is 1. The van der Waals surface area contributed by atoms with E-state index < -0.39 is 0 Å². The van der Waals surface area contributed by atoms with Crippen LogP contribution < -0.4 is 5.32 Å². The average molecular weight is 302 g/mol. The van der Waals surface area contributed by atoms with Crippen molar-refractivity contribution in [3.05, 3.63) is 22.9 Å². The summed E-state index contributed by atoms with van der Waals surface area (Å²) in [5.74, 6) is 0. The molecule has 0 aromatic carbocycles. The lowest BCUT2D eigenvalue weighted by Gasteiger charge is -2.22. The zero-order chi connectivity index (χ0) is 12.7. The fraction of sp³-hybridized carbons (Fsp3) is 0.583. The lowest BCUT2D eigenvalue weighted by atomic mass is 10.3. The number of likely N-dealkylation sites (N-methyl/N-ethyl adjacent to an activating group) is 1.